The van der Waals surface area contributed by atoms with Crippen molar-refractivity contribution in [1.29, 1.82) is 0 Å². The first-order valence-corrected chi connectivity index (χ1v) is 6.84. The van der Waals surface area contributed by atoms with Gasteiger partial charge in [-0.2, -0.15) is 0 Å². The van der Waals surface area contributed by atoms with E-state index in [1.807, 2.05) is 0 Å². The largest absolute Gasteiger partial charge is 0.385 e. The Kier molecular flexibility index (Phi) is 4.21. The first kappa shape index (κ1) is 14.4. The van der Waals surface area contributed by atoms with E-state index in [1.54, 1.807) is 0 Å². The second-order valence-corrected chi connectivity index (χ2v) is 5.64. The molecule has 1 heterocycles. The number of aliphatic hydroxyl groups is 1. The van der Waals surface area contributed by atoms with E-state index >= 15 is 0 Å². The van der Waals surface area contributed by atoms with Crippen molar-refractivity contribution < 1.29 is 13.9 Å². The fraction of sp³-hybridized carbons (Fsp3) is 0.600. The molecule has 0 spiro atoms. The molecule has 0 aromatic heterocycles. The Bertz CT molecular complexity index is 450. The predicted octanol–water partition coefficient (Wildman–Crippen LogP) is 3.05. The normalized spacial score (nSPS) is 25.6. The lowest BCUT2D eigenvalue weighted by molar-refractivity contribution is 0.0200. The fourth-order valence-corrected chi connectivity index (χ4v) is 2.73. The van der Waals surface area contributed by atoms with Crippen molar-refractivity contribution >= 4 is 0 Å². The van der Waals surface area contributed by atoms with Gasteiger partial charge in [-0.1, -0.05) is 6.07 Å². The summed E-state index contributed by atoms with van der Waals surface area (Å²) in [5, 5.41) is 10.7. The van der Waals surface area contributed by atoms with Crippen LogP contribution >= 0.6 is 0 Å². The van der Waals surface area contributed by atoms with Gasteiger partial charge in [0.1, 0.15) is 0 Å². The van der Waals surface area contributed by atoms with Crippen LogP contribution in [0.2, 0.25) is 0 Å². The first-order valence-electron chi connectivity index (χ1n) is 6.84. The predicted molar refractivity (Wildman–Crippen MR) is 70.8 cm³/mol. The Balaban J connectivity index is 2.20. The van der Waals surface area contributed by atoms with Gasteiger partial charge in [0, 0.05) is 12.6 Å². The smallest absolute Gasteiger partial charge is 0.159 e. The van der Waals surface area contributed by atoms with Crippen LogP contribution in [0.3, 0.4) is 0 Å². The van der Waals surface area contributed by atoms with Gasteiger partial charge >= 0.3 is 0 Å². The maximum absolute atomic E-state index is 13.3. The van der Waals surface area contributed by atoms with Gasteiger partial charge in [0.25, 0.3) is 0 Å². The second kappa shape index (κ2) is 5.55. The summed E-state index contributed by atoms with van der Waals surface area (Å²) in [5.74, 6) is -1.76. The molecule has 0 saturated carbocycles. The molecule has 1 atom stereocenters. The molecule has 2 rings (SSSR count). The maximum atomic E-state index is 13.3. The van der Waals surface area contributed by atoms with Crippen LogP contribution in [-0.2, 0) is 5.60 Å². The van der Waals surface area contributed by atoms with E-state index in [0.717, 1.165) is 31.6 Å². The van der Waals surface area contributed by atoms with Crippen molar-refractivity contribution in [1.82, 2.24) is 4.90 Å². The van der Waals surface area contributed by atoms with Gasteiger partial charge in [-0.3, -0.25) is 0 Å². The molecule has 1 aliphatic heterocycles. The summed E-state index contributed by atoms with van der Waals surface area (Å²) in [5.41, 5.74) is -0.560. The zero-order chi connectivity index (χ0) is 14.0. The van der Waals surface area contributed by atoms with Gasteiger partial charge in [0.05, 0.1) is 5.60 Å². The van der Waals surface area contributed by atoms with Crippen LogP contribution in [0.15, 0.2) is 18.2 Å². The molecular formula is C15H21F2NO. The van der Waals surface area contributed by atoms with E-state index in [9.17, 15) is 13.9 Å². The number of hydrogen-bond acceptors (Lipinski definition) is 2. The minimum atomic E-state index is -1.04. The summed E-state index contributed by atoms with van der Waals surface area (Å²) in [7, 11) is 0. The van der Waals surface area contributed by atoms with Gasteiger partial charge in [0.15, 0.2) is 11.6 Å². The monoisotopic (exact) mass is 269 g/mol. The highest BCUT2D eigenvalue weighted by Crippen LogP contribution is 2.33. The second-order valence-electron chi connectivity index (χ2n) is 5.64. The maximum Gasteiger partial charge on any atom is 0.159 e. The van der Waals surface area contributed by atoms with Crippen molar-refractivity contribution in [3.05, 3.63) is 35.4 Å². The summed E-state index contributed by atoms with van der Waals surface area (Å²) in [6.45, 7) is 5.96. The first-order chi connectivity index (χ1) is 8.92. The molecule has 1 saturated heterocycles. The molecule has 19 heavy (non-hydrogen) atoms. The van der Waals surface area contributed by atoms with Gasteiger partial charge < -0.3 is 10.0 Å². The Labute approximate surface area is 113 Å². The summed E-state index contributed by atoms with van der Waals surface area (Å²) in [6, 6.07) is 4.14. The summed E-state index contributed by atoms with van der Waals surface area (Å²) in [6.07, 6.45) is 1.99. The van der Waals surface area contributed by atoms with E-state index in [0.29, 0.717) is 24.4 Å². The molecule has 1 fully saturated rings. The van der Waals surface area contributed by atoms with Crippen molar-refractivity contribution in [2.75, 3.05) is 13.1 Å². The highest BCUT2D eigenvalue weighted by Gasteiger charge is 2.33. The van der Waals surface area contributed by atoms with Gasteiger partial charge in [0.2, 0.25) is 0 Å². The van der Waals surface area contributed by atoms with E-state index in [-0.39, 0.29) is 0 Å². The molecule has 2 nitrogen and oxygen atoms in total. The number of hydrogen-bond donors (Lipinski definition) is 1. The molecule has 1 aromatic rings. The van der Waals surface area contributed by atoms with Crippen LogP contribution in [0.5, 0.6) is 0 Å². The number of halogens is 2. The van der Waals surface area contributed by atoms with Crippen LogP contribution in [-0.4, -0.2) is 29.1 Å². The molecule has 0 bridgehead atoms. The van der Waals surface area contributed by atoms with Crippen molar-refractivity contribution in [2.24, 2.45) is 0 Å². The zero-order valence-corrected chi connectivity index (χ0v) is 11.5. The number of rotatable bonds is 2. The summed E-state index contributed by atoms with van der Waals surface area (Å²) >= 11 is 0. The van der Waals surface area contributed by atoms with E-state index in [2.05, 4.69) is 18.7 Å². The lowest BCUT2D eigenvalue weighted by Crippen LogP contribution is -2.33. The number of nitrogens with zero attached hydrogens (tertiary/aromatic N) is 1. The minimum absolute atomic E-state index is 0.437. The minimum Gasteiger partial charge on any atom is -0.385 e. The third-order valence-electron chi connectivity index (χ3n) is 4.04. The highest BCUT2D eigenvalue weighted by atomic mass is 19.2. The molecule has 1 aromatic carbocycles. The SMILES string of the molecule is CC(C)N1CCCC(O)(c2ccc(F)c(F)c2)CC1. The Morgan fingerprint density at radius 1 is 1.16 bits per heavy atom. The molecule has 1 N–H and O–H groups in total. The molecule has 1 aliphatic rings. The van der Waals surface area contributed by atoms with Gasteiger partial charge in [-0.15, -0.1) is 0 Å². The molecule has 0 amide bonds. The van der Waals surface area contributed by atoms with Crippen LogP contribution in [0.25, 0.3) is 0 Å². The molecular weight excluding hydrogens is 248 g/mol. The molecule has 1 unspecified atom stereocenters. The molecule has 0 aliphatic carbocycles. The lowest BCUT2D eigenvalue weighted by Gasteiger charge is -2.28. The summed E-state index contributed by atoms with van der Waals surface area (Å²) in [4.78, 5) is 2.30. The van der Waals surface area contributed by atoms with Crippen LogP contribution in [0, 0.1) is 11.6 Å². The van der Waals surface area contributed by atoms with E-state index in [4.69, 9.17) is 0 Å². The average molecular weight is 269 g/mol. The highest BCUT2D eigenvalue weighted by molar-refractivity contribution is 5.24. The Hall–Kier alpha value is -1.00. The third kappa shape index (κ3) is 3.12. The molecule has 0 radical (unpaired) electrons. The van der Waals surface area contributed by atoms with Crippen molar-refractivity contribution in [3.8, 4) is 0 Å². The van der Waals surface area contributed by atoms with Crippen LogP contribution in [0.4, 0.5) is 8.78 Å². The number of benzene rings is 1. The topological polar surface area (TPSA) is 23.5 Å². The Morgan fingerprint density at radius 3 is 2.53 bits per heavy atom. The number of likely N-dealkylation sites (tertiary alicyclic amines) is 1. The van der Waals surface area contributed by atoms with E-state index < -0.39 is 17.2 Å². The van der Waals surface area contributed by atoms with E-state index in [1.165, 1.54) is 6.07 Å². The molecule has 106 valence electrons. The Morgan fingerprint density at radius 2 is 1.89 bits per heavy atom. The summed E-state index contributed by atoms with van der Waals surface area (Å²) < 4.78 is 26.3. The zero-order valence-electron chi connectivity index (χ0n) is 11.5. The van der Waals surface area contributed by atoms with Crippen molar-refractivity contribution in [2.45, 2.75) is 44.8 Å². The van der Waals surface area contributed by atoms with Gasteiger partial charge in [-0.25, -0.2) is 8.78 Å². The average Bonchev–Trinajstić information content (AvgIpc) is 2.56. The molecule has 4 heteroatoms. The fourth-order valence-electron chi connectivity index (χ4n) is 2.73. The quantitative estimate of drug-likeness (QED) is 0.892. The van der Waals surface area contributed by atoms with Crippen LogP contribution < -0.4 is 0 Å². The van der Waals surface area contributed by atoms with Crippen molar-refractivity contribution in [3.63, 3.8) is 0 Å². The standard InChI is InChI=1S/C15H21F2NO/c1-11(2)18-8-3-6-15(19,7-9-18)12-4-5-13(16)14(17)10-12/h4-5,10-11,19H,3,6-9H2,1-2H3. The van der Waals surface area contributed by atoms with Gasteiger partial charge in [-0.05, 0) is 57.4 Å². The lowest BCUT2D eigenvalue weighted by atomic mass is 9.87. The third-order valence-corrected chi connectivity index (χ3v) is 4.04. The van der Waals surface area contributed by atoms with Crippen LogP contribution in [0.1, 0.15) is 38.7 Å².